The van der Waals surface area contributed by atoms with Gasteiger partial charge in [0, 0.05) is 17.9 Å². The molecule has 0 bridgehead atoms. The average Bonchev–Trinajstić information content (AvgIpc) is 3.10. The molecule has 0 saturated heterocycles. The van der Waals surface area contributed by atoms with E-state index in [1.165, 1.54) is 24.0 Å². The number of aryl methyl sites for hydroxylation is 1. The van der Waals surface area contributed by atoms with Crippen molar-refractivity contribution in [3.05, 3.63) is 29.3 Å². The lowest BCUT2D eigenvalue weighted by molar-refractivity contribution is -0.0971. The first kappa shape index (κ1) is 17.7. The number of benzene rings is 1. The summed E-state index contributed by atoms with van der Waals surface area (Å²) >= 11 is 0. The van der Waals surface area contributed by atoms with E-state index in [1.807, 2.05) is 0 Å². The third-order valence-corrected chi connectivity index (χ3v) is 6.20. The van der Waals surface area contributed by atoms with Crippen LogP contribution in [0.4, 0.5) is 0 Å². The van der Waals surface area contributed by atoms with Crippen LogP contribution in [-0.4, -0.2) is 29.2 Å². The van der Waals surface area contributed by atoms with Gasteiger partial charge in [0.25, 0.3) is 0 Å². The minimum Gasteiger partial charge on any atom is -0.490 e. The second-order valence-electron chi connectivity index (χ2n) is 7.74. The summed E-state index contributed by atoms with van der Waals surface area (Å²) in [5, 5.41) is 18.9. The average molecular weight is 333 g/mol. The number of nitrogens with two attached hydrogens (primary N) is 1. The predicted octanol–water partition coefficient (Wildman–Crippen LogP) is 3.01. The second kappa shape index (κ2) is 7.42. The van der Waals surface area contributed by atoms with E-state index in [4.69, 9.17) is 10.5 Å². The van der Waals surface area contributed by atoms with Crippen molar-refractivity contribution in [1.29, 1.82) is 0 Å². The zero-order chi connectivity index (χ0) is 17.2. The van der Waals surface area contributed by atoms with E-state index in [0.29, 0.717) is 12.6 Å². The highest BCUT2D eigenvalue weighted by Crippen LogP contribution is 2.43. The first-order valence-corrected chi connectivity index (χ1v) is 9.38. The van der Waals surface area contributed by atoms with Gasteiger partial charge in [-0.25, -0.2) is 0 Å². The van der Waals surface area contributed by atoms with Crippen LogP contribution >= 0.6 is 0 Å². The number of hydrogen-bond acceptors (Lipinski definition) is 4. The van der Waals surface area contributed by atoms with Crippen LogP contribution in [0.2, 0.25) is 0 Å². The maximum absolute atomic E-state index is 9.43. The molecule has 0 amide bonds. The van der Waals surface area contributed by atoms with E-state index in [2.05, 4.69) is 25.1 Å². The Bertz CT molecular complexity index is 544. The fourth-order valence-electron chi connectivity index (χ4n) is 4.34. The van der Waals surface area contributed by atoms with Crippen molar-refractivity contribution in [1.82, 2.24) is 0 Å². The third kappa shape index (κ3) is 3.61. The lowest BCUT2D eigenvalue weighted by atomic mass is 9.66. The van der Waals surface area contributed by atoms with Gasteiger partial charge >= 0.3 is 0 Å². The van der Waals surface area contributed by atoms with Crippen LogP contribution in [0.5, 0.6) is 5.75 Å². The summed E-state index contributed by atoms with van der Waals surface area (Å²) in [6.07, 6.45) is 7.40. The number of aliphatic hydroxyl groups excluding tert-OH is 1. The summed E-state index contributed by atoms with van der Waals surface area (Å²) in [7, 11) is 0. The van der Waals surface area contributed by atoms with Gasteiger partial charge in [-0.2, -0.15) is 0 Å². The summed E-state index contributed by atoms with van der Waals surface area (Å²) in [4.78, 5) is 0. The molecule has 4 heteroatoms. The minimum absolute atomic E-state index is 0.0238. The number of hydrogen-bond donors (Lipinski definition) is 3. The van der Waals surface area contributed by atoms with Crippen molar-refractivity contribution in [3.8, 4) is 5.75 Å². The van der Waals surface area contributed by atoms with Crippen LogP contribution in [-0.2, 0) is 5.41 Å². The predicted molar refractivity (Wildman–Crippen MR) is 95.0 cm³/mol. The van der Waals surface area contributed by atoms with Gasteiger partial charge < -0.3 is 20.7 Å². The van der Waals surface area contributed by atoms with Crippen LogP contribution in [0.25, 0.3) is 0 Å². The molecule has 0 unspecified atom stereocenters. The van der Waals surface area contributed by atoms with E-state index in [-0.39, 0.29) is 11.3 Å². The molecule has 2 saturated carbocycles. The molecule has 134 valence electrons. The Hall–Kier alpha value is -1.10. The van der Waals surface area contributed by atoms with Crippen molar-refractivity contribution < 1.29 is 14.9 Å². The normalized spacial score (nSPS) is 28.5. The first-order chi connectivity index (χ1) is 11.5. The maximum atomic E-state index is 9.43. The fraction of sp³-hybridized carbons (Fsp3) is 0.700. The fourth-order valence-corrected chi connectivity index (χ4v) is 4.34. The Labute approximate surface area is 145 Å². The van der Waals surface area contributed by atoms with Crippen LogP contribution in [0, 0.1) is 12.8 Å². The number of aliphatic hydroxyl groups is 2. The standard InChI is InChI=1S/C20H31NO3/c1-14-6-7-16(12-18(14)24-17-4-2-3-5-17)20(13-21)10-8-15(9-11-20)19(22)23/h6-7,12,15,17,19,22-23H,2-5,8-11,13,21H2,1H3. The van der Waals surface area contributed by atoms with E-state index >= 15 is 0 Å². The lowest BCUT2D eigenvalue weighted by Gasteiger charge is -2.40. The quantitative estimate of drug-likeness (QED) is 0.724. The molecule has 24 heavy (non-hydrogen) atoms. The van der Waals surface area contributed by atoms with E-state index in [0.717, 1.165) is 44.3 Å². The Balaban J connectivity index is 1.79. The molecule has 3 rings (SSSR count). The summed E-state index contributed by atoms with van der Waals surface area (Å²) < 4.78 is 6.27. The van der Waals surface area contributed by atoms with Crippen LogP contribution in [0.3, 0.4) is 0 Å². The van der Waals surface area contributed by atoms with Crippen LogP contribution < -0.4 is 10.5 Å². The molecule has 0 radical (unpaired) electrons. The number of rotatable bonds is 5. The SMILES string of the molecule is Cc1ccc(C2(CN)CCC(C(O)O)CC2)cc1OC1CCCC1. The van der Waals surface area contributed by atoms with Gasteiger partial charge in [0.2, 0.25) is 0 Å². The molecule has 0 aliphatic heterocycles. The van der Waals surface area contributed by atoms with Gasteiger partial charge in [-0.1, -0.05) is 12.1 Å². The smallest absolute Gasteiger partial charge is 0.154 e. The largest absolute Gasteiger partial charge is 0.490 e. The molecule has 0 aromatic heterocycles. The Morgan fingerprint density at radius 1 is 1.17 bits per heavy atom. The van der Waals surface area contributed by atoms with Crippen LogP contribution in [0.15, 0.2) is 18.2 Å². The van der Waals surface area contributed by atoms with Crippen molar-refractivity contribution in [2.24, 2.45) is 11.7 Å². The highest BCUT2D eigenvalue weighted by molar-refractivity contribution is 5.40. The zero-order valence-electron chi connectivity index (χ0n) is 14.7. The molecule has 0 spiro atoms. The van der Waals surface area contributed by atoms with Crippen molar-refractivity contribution >= 4 is 0 Å². The zero-order valence-corrected chi connectivity index (χ0v) is 14.7. The molecule has 2 aliphatic rings. The Morgan fingerprint density at radius 3 is 2.42 bits per heavy atom. The van der Waals surface area contributed by atoms with E-state index in [9.17, 15) is 10.2 Å². The molecule has 1 aromatic carbocycles. The van der Waals surface area contributed by atoms with Gasteiger partial charge in [0.1, 0.15) is 5.75 Å². The lowest BCUT2D eigenvalue weighted by Crippen LogP contribution is -2.41. The third-order valence-electron chi connectivity index (χ3n) is 6.20. The summed E-state index contributed by atoms with van der Waals surface area (Å²) in [5.74, 6) is 0.973. The van der Waals surface area contributed by atoms with Gasteiger partial charge in [-0.05, 0) is 75.5 Å². The molecule has 4 nitrogen and oxygen atoms in total. The monoisotopic (exact) mass is 333 g/mol. The van der Waals surface area contributed by atoms with Gasteiger partial charge in [-0.3, -0.25) is 0 Å². The van der Waals surface area contributed by atoms with Crippen molar-refractivity contribution in [2.45, 2.75) is 76.1 Å². The highest BCUT2D eigenvalue weighted by Gasteiger charge is 2.37. The molecular weight excluding hydrogens is 302 g/mol. The topological polar surface area (TPSA) is 75.7 Å². The molecule has 2 fully saturated rings. The molecule has 2 aliphatic carbocycles. The first-order valence-electron chi connectivity index (χ1n) is 9.38. The summed E-state index contributed by atoms with van der Waals surface area (Å²) in [6.45, 7) is 2.69. The molecule has 1 aromatic rings. The van der Waals surface area contributed by atoms with Gasteiger partial charge in [0.05, 0.1) is 6.10 Å². The highest BCUT2D eigenvalue weighted by atomic mass is 16.5. The van der Waals surface area contributed by atoms with Gasteiger partial charge in [-0.15, -0.1) is 0 Å². The Morgan fingerprint density at radius 2 is 1.83 bits per heavy atom. The second-order valence-corrected chi connectivity index (χ2v) is 7.74. The Kier molecular flexibility index (Phi) is 5.48. The summed E-state index contributed by atoms with van der Waals surface area (Å²) in [5.41, 5.74) is 8.54. The van der Waals surface area contributed by atoms with E-state index < -0.39 is 6.29 Å². The van der Waals surface area contributed by atoms with E-state index in [1.54, 1.807) is 0 Å². The number of ether oxygens (including phenoxy) is 1. The summed E-state index contributed by atoms with van der Waals surface area (Å²) in [6, 6.07) is 6.51. The van der Waals surface area contributed by atoms with Crippen LogP contribution in [0.1, 0.15) is 62.5 Å². The maximum Gasteiger partial charge on any atom is 0.154 e. The molecular formula is C20H31NO3. The van der Waals surface area contributed by atoms with Gasteiger partial charge in [0.15, 0.2) is 6.29 Å². The minimum atomic E-state index is -1.21. The van der Waals surface area contributed by atoms with Crippen molar-refractivity contribution in [3.63, 3.8) is 0 Å². The van der Waals surface area contributed by atoms with Crippen molar-refractivity contribution in [2.75, 3.05) is 6.54 Å². The molecule has 0 heterocycles. The molecule has 4 N–H and O–H groups in total. The molecule has 0 atom stereocenters.